The number of hydrogen-bond donors (Lipinski definition) is 2. The number of carbonyl (C=O) groups excluding carboxylic acids is 2. The number of unbranched alkanes of at least 4 members (excludes halogenated alkanes) is 1. The maximum Gasteiger partial charge on any atom is 0.409 e. The molecule has 0 bridgehead atoms. The lowest BCUT2D eigenvalue weighted by molar-refractivity contribution is 0.0860. The third kappa shape index (κ3) is 5.92. The average Bonchev–Trinajstić information content (AvgIpc) is 2.63. The first-order chi connectivity index (χ1) is 12.1. The van der Waals surface area contributed by atoms with Gasteiger partial charge in [0.25, 0.3) is 5.91 Å². The molecule has 0 radical (unpaired) electrons. The molecule has 7 heteroatoms. The van der Waals surface area contributed by atoms with Crippen LogP contribution in [-0.2, 0) is 4.74 Å². The molecule has 2 amide bonds. The van der Waals surface area contributed by atoms with E-state index in [0.29, 0.717) is 25.3 Å². The van der Waals surface area contributed by atoms with Crippen LogP contribution in [0.1, 0.15) is 49.9 Å². The fraction of sp³-hybridized carbons (Fsp3) is 0.611. The minimum atomic E-state index is -0.276. The fourth-order valence-corrected chi connectivity index (χ4v) is 2.76. The third-order valence-corrected chi connectivity index (χ3v) is 4.22. The predicted molar refractivity (Wildman–Crippen MR) is 96.7 cm³/mol. The van der Waals surface area contributed by atoms with Crippen LogP contribution in [0.4, 0.5) is 10.5 Å². The second-order valence-electron chi connectivity index (χ2n) is 6.18. The number of carbonyl (C=O) groups is 2. The Bertz CT molecular complexity index is 571. The second kappa shape index (κ2) is 9.86. The molecular weight excluding hydrogens is 320 g/mol. The lowest BCUT2D eigenvalue weighted by atomic mass is 10.0. The van der Waals surface area contributed by atoms with Gasteiger partial charge in [0.1, 0.15) is 0 Å². The molecule has 0 spiro atoms. The Labute approximate surface area is 149 Å². The van der Waals surface area contributed by atoms with Gasteiger partial charge in [0, 0.05) is 38.1 Å². The highest BCUT2D eigenvalue weighted by molar-refractivity contribution is 5.94. The monoisotopic (exact) mass is 348 g/mol. The first kappa shape index (κ1) is 19.0. The Morgan fingerprint density at radius 1 is 1.28 bits per heavy atom. The summed E-state index contributed by atoms with van der Waals surface area (Å²) in [4.78, 5) is 30.0. The molecule has 1 saturated heterocycles. The summed E-state index contributed by atoms with van der Waals surface area (Å²) in [6.45, 7) is 6.38. The summed E-state index contributed by atoms with van der Waals surface area (Å²) >= 11 is 0. The number of ether oxygens (including phenoxy) is 1. The van der Waals surface area contributed by atoms with E-state index in [-0.39, 0.29) is 18.0 Å². The highest BCUT2D eigenvalue weighted by Gasteiger charge is 2.24. The molecule has 0 unspecified atom stereocenters. The maximum atomic E-state index is 12.4. The molecular formula is C18H28N4O3. The zero-order valence-electron chi connectivity index (χ0n) is 15.1. The predicted octanol–water partition coefficient (Wildman–Crippen LogP) is 2.64. The second-order valence-corrected chi connectivity index (χ2v) is 6.18. The van der Waals surface area contributed by atoms with Crippen molar-refractivity contribution in [3.63, 3.8) is 0 Å². The summed E-state index contributed by atoms with van der Waals surface area (Å²) in [6, 6.07) is 1.89. The number of anilines is 1. The number of likely N-dealkylation sites (tertiary alicyclic amines) is 1. The van der Waals surface area contributed by atoms with Crippen molar-refractivity contribution >= 4 is 17.7 Å². The van der Waals surface area contributed by atoms with Gasteiger partial charge in [0.05, 0.1) is 17.9 Å². The van der Waals surface area contributed by atoms with E-state index in [9.17, 15) is 9.59 Å². The molecule has 2 rings (SSSR count). The molecule has 138 valence electrons. The van der Waals surface area contributed by atoms with Crippen LogP contribution >= 0.6 is 0 Å². The van der Waals surface area contributed by atoms with Crippen LogP contribution in [0.25, 0.3) is 0 Å². The van der Waals surface area contributed by atoms with Crippen molar-refractivity contribution in [1.82, 2.24) is 15.2 Å². The van der Waals surface area contributed by atoms with Gasteiger partial charge in [-0.15, -0.1) is 0 Å². The van der Waals surface area contributed by atoms with Crippen molar-refractivity contribution < 1.29 is 14.3 Å². The molecule has 0 aliphatic carbocycles. The molecule has 0 atom stereocenters. The smallest absolute Gasteiger partial charge is 0.409 e. The highest BCUT2D eigenvalue weighted by atomic mass is 16.6. The van der Waals surface area contributed by atoms with E-state index in [0.717, 1.165) is 37.9 Å². The number of nitrogens with one attached hydrogen (secondary N) is 2. The molecule has 0 aromatic carbocycles. The zero-order chi connectivity index (χ0) is 18.1. The summed E-state index contributed by atoms with van der Waals surface area (Å²) in [6.07, 6.45) is 6.68. The van der Waals surface area contributed by atoms with E-state index in [1.165, 1.54) is 0 Å². The number of nitrogens with zero attached hydrogens (tertiary/aromatic N) is 2. The lowest BCUT2D eigenvalue weighted by Gasteiger charge is -2.31. The first-order valence-corrected chi connectivity index (χ1v) is 9.05. The lowest BCUT2D eigenvalue weighted by Crippen LogP contribution is -2.46. The Balaban J connectivity index is 1.82. The molecule has 2 N–H and O–H groups in total. The summed E-state index contributed by atoms with van der Waals surface area (Å²) in [5.41, 5.74) is 1.41. The van der Waals surface area contributed by atoms with Crippen molar-refractivity contribution in [2.45, 2.75) is 45.6 Å². The molecule has 1 aliphatic heterocycles. The first-order valence-electron chi connectivity index (χ1n) is 9.05. The molecule has 0 saturated carbocycles. The van der Waals surface area contributed by atoms with Gasteiger partial charge in [-0.3, -0.25) is 9.78 Å². The number of amides is 2. The Morgan fingerprint density at radius 3 is 2.72 bits per heavy atom. The summed E-state index contributed by atoms with van der Waals surface area (Å²) < 4.78 is 5.00. The van der Waals surface area contributed by atoms with Gasteiger partial charge in [-0.05, 0) is 32.3 Å². The quantitative estimate of drug-likeness (QED) is 0.740. The van der Waals surface area contributed by atoms with Crippen molar-refractivity contribution in [1.29, 1.82) is 0 Å². The van der Waals surface area contributed by atoms with Crippen molar-refractivity contribution in [2.24, 2.45) is 0 Å². The van der Waals surface area contributed by atoms with Crippen LogP contribution in [-0.4, -0.2) is 54.2 Å². The van der Waals surface area contributed by atoms with Crippen molar-refractivity contribution in [3.05, 3.63) is 24.0 Å². The fourth-order valence-electron chi connectivity index (χ4n) is 2.76. The topological polar surface area (TPSA) is 83.6 Å². The highest BCUT2D eigenvalue weighted by Crippen LogP contribution is 2.14. The van der Waals surface area contributed by atoms with Gasteiger partial charge in [0.15, 0.2) is 0 Å². The van der Waals surface area contributed by atoms with Gasteiger partial charge < -0.3 is 20.3 Å². The molecule has 1 aliphatic rings. The van der Waals surface area contributed by atoms with Crippen LogP contribution in [0.2, 0.25) is 0 Å². The number of aromatic nitrogens is 1. The summed E-state index contributed by atoms with van der Waals surface area (Å²) in [7, 11) is 0. The van der Waals surface area contributed by atoms with Crippen molar-refractivity contribution in [2.75, 3.05) is 31.6 Å². The SMILES string of the molecule is CCCCNc1cncc(C(=O)NC2CCN(C(=O)OCC)CC2)c1. The summed E-state index contributed by atoms with van der Waals surface area (Å²) in [5.74, 6) is -0.124. The molecule has 7 nitrogen and oxygen atoms in total. The molecule has 1 aromatic rings. The number of pyridine rings is 1. The largest absolute Gasteiger partial charge is 0.450 e. The van der Waals surface area contributed by atoms with Crippen LogP contribution in [0.5, 0.6) is 0 Å². The van der Waals surface area contributed by atoms with E-state index in [4.69, 9.17) is 4.74 Å². The Kier molecular flexibility index (Phi) is 7.50. The number of piperidine rings is 1. The molecule has 25 heavy (non-hydrogen) atoms. The Hall–Kier alpha value is -2.31. The maximum absolute atomic E-state index is 12.4. The van der Waals surface area contributed by atoms with E-state index in [1.807, 2.05) is 6.07 Å². The number of rotatable bonds is 7. The average molecular weight is 348 g/mol. The van der Waals surface area contributed by atoms with Gasteiger partial charge >= 0.3 is 6.09 Å². The van der Waals surface area contributed by atoms with Crippen LogP contribution < -0.4 is 10.6 Å². The molecule has 1 aromatic heterocycles. The van der Waals surface area contributed by atoms with Gasteiger partial charge in [-0.2, -0.15) is 0 Å². The van der Waals surface area contributed by atoms with E-state index in [1.54, 1.807) is 24.2 Å². The van der Waals surface area contributed by atoms with Crippen LogP contribution in [0, 0.1) is 0 Å². The number of hydrogen-bond acceptors (Lipinski definition) is 5. The standard InChI is InChI=1S/C18H28N4O3/c1-3-5-8-20-16-11-14(12-19-13-16)17(23)21-15-6-9-22(10-7-15)18(24)25-4-2/h11-13,15,20H,3-10H2,1-2H3,(H,21,23). The zero-order valence-corrected chi connectivity index (χ0v) is 15.1. The van der Waals surface area contributed by atoms with E-state index >= 15 is 0 Å². The minimum absolute atomic E-state index is 0.0647. The van der Waals surface area contributed by atoms with E-state index < -0.39 is 0 Å². The Morgan fingerprint density at radius 2 is 2.04 bits per heavy atom. The third-order valence-electron chi connectivity index (χ3n) is 4.22. The van der Waals surface area contributed by atoms with Gasteiger partial charge in [-0.25, -0.2) is 4.79 Å². The minimum Gasteiger partial charge on any atom is -0.450 e. The van der Waals surface area contributed by atoms with Gasteiger partial charge in [0.2, 0.25) is 0 Å². The van der Waals surface area contributed by atoms with Crippen LogP contribution in [0.3, 0.4) is 0 Å². The molecule has 1 fully saturated rings. The summed E-state index contributed by atoms with van der Waals surface area (Å²) in [5, 5.41) is 6.31. The van der Waals surface area contributed by atoms with Crippen molar-refractivity contribution in [3.8, 4) is 0 Å². The van der Waals surface area contributed by atoms with Crippen LogP contribution in [0.15, 0.2) is 18.5 Å². The molecule has 2 heterocycles. The van der Waals surface area contributed by atoms with Gasteiger partial charge in [-0.1, -0.05) is 13.3 Å². The normalized spacial score (nSPS) is 14.9. The van der Waals surface area contributed by atoms with E-state index in [2.05, 4.69) is 22.5 Å².